The van der Waals surface area contributed by atoms with Gasteiger partial charge in [-0.25, -0.2) is 4.98 Å². The molecule has 0 spiro atoms. The highest BCUT2D eigenvalue weighted by Gasteiger charge is 2.41. The van der Waals surface area contributed by atoms with Crippen molar-refractivity contribution in [2.45, 2.75) is 19.3 Å². The van der Waals surface area contributed by atoms with Crippen LogP contribution in [0.4, 0.5) is 34.4 Å². The summed E-state index contributed by atoms with van der Waals surface area (Å²) in [5, 5.41) is 9.72. The van der Waals surface area contributed by atoms with Gasteiger partial charge < -0.3 is 4.90 Å². The van der Waals surface area contributed by atoms with Crippen molar-refractivity contribution in [2.24, 2.45) is 0 Å². The predicted molar refractivity (Wildman–Crippen MR) is 516 cm³/mol. The molecule has 0 atom stereocenters. The van der Waals surface area contributed by atoms with E-state index in [1.165, 1.54) is 87.6 Å². The zero-order valence-electron chi connectivity index (χ0n) is 67.9. The average molecular weight is 1570 g/mol. The van der Waals surface area contributed by atoms with Crippen LogP contribution in [-0.4, -0.2) is 15.0 Å². The number of nitrogens with zero attached hydrogens (tertiary/aromatic N) is 5. The second kappa shape index (κ2) is 29.8. The third-order valence-corrected chi connectivity index (χ3v) is 25.3. The van der Waals surface area contributed by atoms with Crippen LogP contribution in [-0.2, 0) is 5.41 Å². The van der Waals surface area contributed by atoms with Gasteiger partial charge in [0.05, 0.1) is 22.7 Å². The number of fused-ring (bicyclic) bond motifs is 9. The van der Waals surface area contributed by atoms with Gasteiger partial charge in [0.1, 0.15) is 0 Å². The van der Waals surface area contributed by atoms with Gasteiger partial charge in [-0.15, -0.1) is 0 Å². The van der Waals surface area contributed by atoms with Crippen LogP contribution < -0.4 is 9.80 Å². The number of hydrogen-bond donors (Lipinski definition) is 0. The predicted octanol–water partition coefficient (Wildman–Crippen LogP) is 32.0. The number of aromatic nitrogens is 3. The summed E-state index contributed by atoms with van der Waals surface area (Å²) in [5.74, 6) is 1.55. The van der Waals surface area contributed by atoms with Crippen LogP contribution in [0.3, 0.4) is 0 Å². The Morgan fingerprint density at radius 1 is 0.179 bits per heavy atom. The SMILES string of the molecule is CC1(C)c2ccccc2-c2cc3c(cc21)N(c1nc(-c2cccc(-c4cc(-c5cccc(-c6cccc7ccccc67)c5)cc(-c5cccc(-c6cccc7ccccc67)c5)c4)c2)nc(-c2cccc(-c4cc(-c5cccc(-c6cccc7ccccc67)c5)cc(-c5cccc(-c6cccc7ccccc67)c5)c4)c2)n1)c1ccccc1N3c1ccccc1. The second-order valence-electron chi connectivity index (χ2n) is 33.0. The van der Waals surface area contributed by atoms with Crippen LogP contribution in [0.1, 0.15) is 25.0 Å². The third kappa shape index (κ3) is 12.9. The molecule has 1 aliphatic carbocycles. The van der Waals surface area contributed by atoms with Crippen molar-refractivity contribution in [3.05, 3.63) is 454 Å². The number of rotatable bonds is 14. The van der Waals surface area contributed by atoms with Crippen molar-refractivity contribution >= 4 is 77.5 Å². The lowest BCUT2D eigenvalue weighted by atomic mass is 9.82. The maximum atomic E-state index is 5.85. The Bertz CT molecular complexity index is 7170. The normalized spacial score (nSPS) is 12.5. The Labute approximate surface area is 715 Å². The first kappa shape index (κ1) is 72.3. The molecule has 21 aromatic rings. The monoisotopic (exact) mass is 1570 g/mol. The van der Waals surface area contributed by atoms with Gasteiger partial charge in [-0.05, 0) is 286 Å². The lowest BCUT2D eigenvalue weighted by Crippen LogP contribution is -2.26. The summed E-state index contributed by atoms with van der Waals surface area (Å²) in [7, 11) is 0. The Morgan fingerprint density at radius 3 is 0.846 bits per heavy atom. The average Bonchev–Trinajstić information content (AvgIpc) is 1.59. The van der Waals surface area contributed by atoms with Crippen LogP contribution in [0.5, 0.6) is 0 Å². The Balaban J connectivity index is 0.719. The molecule has 1 aromatic heterocycles. The van der Waals surface area contributed by atoms with E-state index < -0.39 is 0 Å². The molecule has 123 heavy (non-hydrogen) atoms. The minimum atomic E-state index is -0.329. The highest BCUT2D eigenvalue weighted by atomic mass is 15.3. The van der Waals surface area contributed by atoms with Crippen molar-refractivity contribution in [3.8, 4) is 145 Å². The fraction of sp³-hybridized carbons (Fsp3) is 0.0254. The van der Waals surface area contributed by atoms with E-state index in [4.69, 9.17) is 15.0 Å². The van der Waals surface area contributed by atoms with Gasteiger partial charge in [-0.2, -0.15) is 9.97 Å². The Kier molecular flexibility index (Phi) is 17.5. The fourth-order valence-electron chi connectivity index (χ4n) is 19.3. The summed E-state index contributed by atoms with van der Waals surface area (Å²) >= 11 is 0. The van der Waals surface area contributed by atoms with Crippen molar-refractivity contribution in [1.82, 2.24) is 15.0 Å². The van der Waals surface area contributed by atoms with E-state index in [2.05, 4.69) is 466 Å². The van der Waals surface area contributed by atoms with Gasteiger partial charge in [0, 0.05) is 22.2 Å². The molecule has 1 aliphatic heterocycles. The molecule has 5 nitrogen and oxygen atoms in total. The van der Waals surface area contributed by atoms with Crippen molar-refractivity contribution < 1.29 is 0 Å². The summed E-state index contributed by atoms with van der Waals surface area (Å²) in [6.45, 7) is 4.71. The maximum absolute atomic E-state index is 5.85. The Morgan fingerprint density at radius 2 is 0.455 bits per heavy atom. The quantitative estimate of drug-likeness (QED) is 0.109. The van der Waals surface area contributed by atoms with Crippen LogP contribution in [0, 0.1) is 0 Å². The number of hydrogen-bond acceptors (Lipinski definition) is 5. The molecule has 20 aromatic carbocycles. The zero-order valence-corrected chi connectivity index (χ0v) is 67.9. The van der Waals surface area contributed by atoms with E-state index in [0.29, 0.717) is 17.6 Å². The van der Waals surface area contributed by atoms with Crippen LogP contribution in [0.25, 0.3) is 188 Å². The van der Waals surface area contributed by atoms with Gasteiger partial charge >= 0.3 is 0 Å². The van der Waals surface area contributed by atoms with Crippen molar-refractivity contribution in [1.29, 1.82) is 0 Å². The molecular formula is C118H79N5. The minimum absolute atomic E-state index is 0.329. The zero-order chi connectivity index (χ0) is 81.6. The molecule has 0 saturated carbocycles. The first-order valence-corrected chi connectivity index (χ1v) is 42.3. The van der Waals surface area contributed by atoms with Crippen molar-refractivity contribution in [3.63, 3.8) is 0 Å². The van der Waals surface area contributed by atoms with E-state index >= 15 is 0 Å². The molecule has 0 N–H and O–H groups in total. The lowest BCUT2D eigenvalue weighted by Gasteiger charge is -2.40. The molecule has 2 heterocycles. The fourth-order valence-corrected chi connectivity index (χ4v) is 19.3. The molecule has 5 heteroatoms. The van der Waals surface area contributed by atoms with E-state index in [0.717, 1.165) is 129 Å². The highest BCUT2D eigenvalue weighted by Crippen LogP contribution is 2.59. The second-order valence-corrected chi connectivity index (χ2v) is 33.0. The molecule has 0 saturated heterocycles. The van der Waals surface area contributed by atoms with Crippen molar-refractivity contribution in [2.75, 3.05) is 9.80 Å². The van der Waals surface area contributed by atoms with E-state index in [1.54, 1.807) is 0 Å². The first-order chi connectivity index (χ1) is 60.7. The van der Waals surface area contributed by atoms with E-state index in [9.17, 15) is 0 Å². The summed E-state index contributed by atoms with van der Waals surface area (Å²) in [6.07, 6.45) is 0. The lowest BCUT2D eigenvalue weighted by molar-refractivity contribution is 0.660. The molecule has 0 bridgehead atoms. The molecular weight excluding hydrogens is 1490 g/mol. The van der Waals surface area contributed by atoms with Gasteiger partial charge in [0.15, 0.2) is 11.6 Å². The topological polar surface area (TPSA) is 45.2 Å². The van der Waals surface area contributed by atoms with Gasteiger partial charge in [0.25, 0.3) is 0 Å². The first-order valence-electron chi connectivity index (χ1n) is 42.3. The molecule has 0 fully saturated rings. The molecule has 0 unspecified atom stereocenters. The van der Waals surface area contributed by atoms with Gasteiger partial charge in [-0.3, -0.25) is 4.90 Å². The summed E-state index contributed by atoms with van der Waals surface area (Å²) < 4.78 is 0. The smallest absolute Gasteiger partial charge is 0.238 e. The summed E-state index contributed by atoms with van der Waals surface area (Å²) in [4.78, 5) is 22.2. The summed E-state index contributed by atoms with van der Waals surface area (Å²) in [6, 6.07) is 162. The molecule has 2 aliphatic rings. The van der Waals surface area contributed by atoms with E-state index in [1.807, 2.05) is 0 Å². The standard InChI is InChI=1S/C118H79N5/c1-118(2)109-59-15-14-54-107(109)108-74-113-114(75-110(108)118)123(112-61-17-16-60-111(112)122(113)98-48-4-3-5-49-98)117-120-115(90-46-22-40-84(66-90)96-70-92(80-36-18-42-86(62-80)103-55-24-32-76-28-6-10-50-99(76)103)68-93(71-96)81-37-19-43-87(63-81)104-56-25-33-77-29-7-11-51-100(77)104)119-116(121-117)91-47-23-41-85(67-91)97-72-94(82-38-20-44-88(64-82)105-57-26-34-78-30-8-12-52-101(78)105)69-95(73-97)83-39-21-45-89(65-83)106-58-27-35-79-31-9-13-53-102(79)106/h3-75H,1-2H3. The Hall–Kier alpha value is -16.0. The summed E-state index contributed by atoms with van der Waals surface area (Å²) in [5.41, 5.74) is 33.7. The van der Waals surface area contributed by atoms with Crippen LogP contribution in [0.15, 0.2) is 443 Å². The number of anilines is 6. The van der Waals surface area contributed by atoms with E-state index in [-0.39, 0.29) is 5.41 Å². The highest BCUT2D eigenvalue weighted by molar-refractivity contribution is 6.06. The minimum Gasteiger partial charge on any atom is -0.306 e. The molecule has 0 radical (unpaired) electrons. The molecule has 576 valence electrons. The molecule has 0 amide bonds. The van der Waals surface area contributed by atoms with Crippen LogP contribution >= 0.6 is 0 Å². The largest absolute Gasteiger partial charge is 0.306 e. The van der Waals surface area contributed by atoms with Gasteiger partial charge in [0.2, 0.25) is 5.95 Å². The molecule has 23 rings (SSSR count). The number of benzene rings is 20. The van der Waals surface area contributed by atoms with Gasteiger partial charge in [-0.1, -0.05) is 347 Å². The van der Waals surface area contributed by atoms with Crippen LogP contribution in [0.2, 0.25) is 0 Å². The number of para-hydroxylation sites is 3. The maximum Gasteiger partial charge on any atom is 0.238 e. The third-order valence-electron chi connectivity index (χ3n) is 25.3.